The molecule has 0 unspecified atom stereocenters. The number of rotatable bonds is 3. The van der Waals surface area contributed by atoms with E-state index in [4.69, 9.17) is 10.8 Å². The highest BCUT2D eigenvalue weighted by molar-refractivity contribution is 4.60. The summed E-state index contributed by atoms with van der Waals surface area (Å²) in [6.45, 7) is 3.78. The first-order valence-corrected chi connectivity index (χ1v) is 3.10. The maximum Gasteiger partial charge on any atom is 0.0526 e. The Kier molecular flexibility index (Phi) is 3.83. The van der Waals surface area contributed by atoms with Crippen LogP contribution in [0.5, 0.6) is 0 Å². The lowest BCUT2D eigenvalue weighted by Gasteiger charge is -2.09. The molecule has 2 nitrogen and oxygen atoms in total. The highest BCUT2D eigenvalue weighted by Gasteiger charge is 2.01. The molecule has 8 heavy (non-hydrogen) atoms. The Morgan fingerprint density at radius 3 is 2.25 bits per heavy atom. The van der Waals surface area contributed by atoms with Gasteiger partial charge in [-0.2, -0.15) is 0 Å². The summed E-state index contributed by atoms with van der Waals surface area (Å²) >= 11 is 0. The van der Waals surface area contributed by atoms with Gasteiger partial charge in [0.25, 0.3) is 0 Å². The smallest absolute Gasteiger partial charge is 0.0526 e. The van der Waals surface area contributed by atoms with Crippen molar-refractivity contribution in [2.75, 3.05) is 0 Å². The van der Waals surface area contributed by atoms with Crippen LogP contribution in [0.25, 0.3) is 0 Å². The third kappa shape index (κ3) is 4.09. The van der Waals surface area contributed by atoms with Crippen molar-refractivity contribution in [1.29, 1.82) is 0 Å². The summed E-state index contributed by atoms with van der Waals surface area (Å²) in [7, 11) is 0. The van der Waals surface area contributed by atoms with Crippen LogP contribution in [0.1, 0.15) is 26.7 Å². The normalized spacial score (nSPS) is 18.0. The summed E-state index contributed by atoms with van der Waals surface area (Å²) in [4.78, 5) is 0. The Morgan fingerprint density at radius 1 is 1.62 bits per heavy atom. The van der Waals surface area contributed by atoms with Crippen LogP contribution < -0.4 is 5.73 Å². The monoisotopic (exact) mass is 117 g/mol. The van der Waals surface area contributed by atoms with E-state index in [1.807, 2.05) is 6.92 Å². The van der Waals surface area contributed by atoms with Gasteiger partial charge in [-0.15, -0.1) is 0 Å². The van der Waals surface area contributed by atoms with Crippen LogP contribution in [0.2, 0.25) is 0 Å². The zero-order valence-electron chi connectivity index (χ0n) is 5.59. The molecule has 0 aliphatic carbocycles. The highest BCUT2D eigenvalue weighted by Crippen LogP contribution is 1.96. The molecule has 0 aliphatic heterocycles. The molecule has 3 N–H and O–H groups in total. The Labute approximate surface area is 50.7 Å². The molecule has 0 aromatic carbocycles. The van der Waals surface area contributed by atoms with Gasteiger partial charge in [-0.25, -0.2) is 0 Å². The third-order valence-corrected chi connectivity index (χ3v) is 1.17. The minimum absolute atomic E-state index is 0.176. The van der Waals surface area contributed by atoms with Crippen LogP contribution in [0.15, 0.2) is 0 Å². The highest BCUT2D eigenvalue weighted by atomic mass is 16.3. The molecule has 0 spiro atoms. The minimum Gasteiger partial charge on any atom is -0.393 e. The zero-order chi connectivity index (χ0) is 6.57. The van der Waals surface area contributed by atoms with Crippen LogP contribution in [-0.4, -0.2) is 17.3 Å². The molecule has 0 heterocycles. The van der Waals surface area contributed by atoms with Gasteiger partial charge < -0.3 is 10.8 Å². The van der Waals surface area contributed by atoms with Gasteiger partial charge in [-0.05, 0) is 19.8 Å². The van der Waals surface area contributed by atoms with E-state index in [1.54, 1.807) is 6.92 Å². The summed E-state index contributed by atoms with van der Waals surface area (Å²) in [6.07, 6.45) is 1.42. The lowest BCUT2D eigenvalue weighted by Crippen LogP contribution is -2.23. The van der Waals surface area contributed by atoms with Gasteiger partial charge in [0.15, 0.2) is 0 Å². The van der Waals surface area contributed by atoms with Crippen molar-refractivity contribution in [1.82, 2.24) is 0 Å². The average molecular weight is 117 g/mol. The van der Waals surface area contributed by atoms with E-state index in [-0.39, 0.29) is 12.1 Å². The molecule has 2 atom stereocenters. The van der Waals surface area contributed by atoms with E-state index in [2.05, 4.69) is 0 Å². The van der Waals surface area contributed by atoms with E-state index in [1.165, 1.54) is 0 Å². The third-order valence-electron chi connectivity index (χ3n) is 1.17. The van der Waals surface area contributed by atoms with Crippen molar-refractivity contribution < 1.29 is 5.11 Å². The molecule has 50 valence electrons. The molecule has 0 aromatic heterocycles. The predicted octanol–water partition coefficient (Wildman–Crippen LogP) is 0.495. The van der Waals surface area contributed by atoms with Crippen LogP contribution in [0.3, 0.4) is 0 Å². The Bertz CT molecular complexity index is 54.5. The van der Waals surface area contributed by atoms with Crippen molar-refractivity contribution in [2.45, 2.75) is 38.8 Å². The van der Waals surface area contributed by atoms with Crippen molar-refractivity contribution in [2.24, 2.45) is 5.73 Å². The van der Waals surface area contributed by atoms with E-state index in [9.17, 15) is 0 Å². The first-order chi connectivity index (χ1) is 3.66. The summed E-state index contributed by atoms with van der Waals surface area (Å²) in [5.74, 6) is 0. The molecule has 0 bridgehead atoms. The summed E-state index contributed by atoms with van der Waals surface area (Å²) < 4.78 is 0. The van der Waals surface area contributed by atoms with Crippen LogP contribution >= 0.6 is 0 Å². The Balaban J connectivity index is 3.10. The van der Waals surface area contributed by atoms with Crippen LogP contribution in [-0.2, 0) is 0 Å². The molecule has 0 rings (SSSR count). The number of aliphatic hydroxyl groups excluding tert-OH is 1. The van der Waals surface area contributed by atoms with Crippen LogP contribution in [0, 0.1) is 0 Å². The minimum atomic E-state index is -0.245. The Morgan fingerprint density at radius 2 is 2.12 bits per heavy atom. The molecule has 0 aromatic rings. The van der Waals surface area contributed by atoms with E-state index >= 15 is 0 Å². The number of hydrogen-bond donors (Lipinski definition) is 2. The second-order valence-electron chi connectivity index (χ2n) is 2.25. The fourth-order valence-corrected chi connectivity index (χ4v) is 0.605. The van der Waals surface area contributed by atoms with Gasteiger partial charge in [0.1, 0.15) is 0 Å². The van der Waals surface area contributed by atoms with Crippen LogP contribution in [0.4, 0.5) is 0 Å². The van der Waals surface area contributed by atoms with Gasteiger partial charge in [0, 0.05) is 6.04 Å². The van der Waals surface area contributed by atoms with E-state index < -0.39 is 0 Å². The lowest BCUT2D eigenvalue weighted by atomic mass is 10.1. The van der Waals surface area contributed by atoms with Gasteiger partial charge in [-0.1, -0.05) is 6.92 Å². The number of hydrogen-bond acceptors (Lipinski definition) is 2. The maximum atomic E-state index is 8.77. The van der Waals surface area contributed by atoms with Gasteiger partial charge in [0.05, 0.1) is 6.10 Å². The number of aliphatic hydroxyl groups is 1. The number of nitrogens with two attached hydrogens (primary N) is 1. The summed E-state index contributed by atoms with van der Waals surface area (Å²) in [5.41, 5.74) is 5.51. The second kappa shape index (κ2) is 3.87. The molecule has 0 aliphatic rings. The van der Waals surface area contributed by atoms with Crippen molar-refractivity contribution in [3.05, 3.63) is 0 Å². The quantitative estimate of drug-likeness (QED) is 0.565. The fourth-order valence-electron chi connectivity index (χ4n) is 0.605. The van der Waals surface area contributed by atoms with Crippen molar-refractivity contribution in [3.8, 4) is 0 Å². The standard InChI is InChI=1S/C6H15NO/c1-3-6(7)4-5(2)8/h5-6,8H,3-4,7H2,1-2H3/t5-,6-/m1/s1. The summed E-state index contributed by atoms with van der Waals surface area (Å²) in [5, 5.41) is 8.77. The molecule has 2 heteroatoms. The second-order valence-corrected chi connectivity index (χ2v) is 2.25. The first kappa shape index (κ1) is 7.92. The van der Waals surface area contributed by atoms with E-state index in [0.29, 0.717) is 0 Å². The maximum absolute atomic E-state index is 8.77. The summed E-state index contributed by atoms with van der Waals surface area (Å²) in [6, 6.07) is 0.176. The molecule has 0 radical (unpaired) electrons. The van der Waals surface area contributed by atoms with Crippen molar-refractivity contribution in [3.63, 3.8) is 0 Å². The molecular weight excluding hydrogens is 102 g/mol. The van der Waals surface area contributed by atoms with Crippen molar-refractivity contribution >= 4 is 0 Å². The average Bonchev–Trinajstić information content (AvgIpc) is 1.65. The molecule has 0 saturated carbocycles. The topological polar surface area (TPSA) is 46.2 Å². The molecule has 0 saturated heterocycles. The zero-order valence-corrected chi connectivity index (χ0v) is 5.59. The van der Waals surface area contributed by atoms with Gasteiger partial charge in [-0.3, -0.25) is 0 Å². The van der Waals surface area contributed by atoms with Gasteiger partial charge in [0.2, 0.25) is 0 Å². The van der Waals surface area contributed by atoms with E-state index in [0.717, 1.165) is 12.8 Å². The predicted molar refractivity (Wildman–Crippen MR) is 34.6 cm³/mol. The lowest BCUT2D eigenvalue weighted by molar-refractivity contribution is 0.174. The molecule has 0 amide bonds. The molecular formula is C6H15NO. The largest absolute Gasteiger partial charge is 0.393 e. The SMILES string of the molecule is CC[C@@H](N)C[C@@H](C)O. The van der Waals surface area contributed by atoms with Gasteiger partial charge >= 0.3 is 0 Å². The Hall–Kier alpha value is -0.0800. The first-order valence-electron chi connectivity index (χ1n) is 3.10. The fraction of sp³-hybridized carbons (Fsp3) is 1.00. The molecule has 0 fully saturated rings.